The van der Waals surface area contributed by atoms with Crippen molar-refractivity contribution in [3.63, 3.8) is 0 Å². The molecule has 7 nitrogen and oxygen atoms in total. The van der Waals surface area contributed by atoms with E-state index in [4.69, 9.17) is 9.47 Å². The molecule has 28 heavy (non-hydrogen) atoms. The van der Waals surface area contributed by atoms with E-state index in [0.29, 0.717) is 37.3 Å². The SMILES string of the molecule is CCOC1CC2NCC(C#N)C(NC3CCCC(OC)C3)C2CC1NC(C)=O. The van der Waals surface area contributed by atoms with Gasteiger partial charge in [0.15, 0.2) is 0 Å². The number of amides is 1. The number of rotatable bonds is 6. The smallest absolute Gasteiger partial charge is 0.217 e. The highest BCUT2D eigenvalue weighted by Gasteiger charge is 2.47. The summed E-state index contributed by atoms with van der Waals surface area (Å²) in [6, 6.07) is 3.36. The summed E-state index contributed by atoms with van der Waals surface area (Å²) in [6.45, 7) is 4.91. The summed E-state index contributed by atoms with van der Waals surface area (Å²) in [5.74, 6) is 0.217. The van der Waals surface area contributed by atoms with Gasteiger partial charge in [0.25, 0.3) is 0 Å². The van der Waals surface area contributed by atoms with Crippen molar-refractivity contribution in [2.24, 2.45) is 11.8 Å². The fraction of sp³-hybridized carbons (Fsp3) is 0.905. The lowest BCUT2D eigenvalue weighted by Crippen LogP contribution is -2.66. The van der Waals surface area contributed by atoms with Crippen LogP contribution in [-0.4, -0.2) is 62.5 Å². The zero-order valence-corrected chi connectivity index (χ0v) is 17.4. The molecule has 8 unspecified atom stereocenters. The van der Waals surface area contributed by atoms with Crippen molar-refractivity contribution < 1.29 is 14.3 Å². The molecule has 0 spiro atoms. The van der Waals surface area contributed by atoms with Crippen molar-refractivity contribution in [1.29, 1.82) is 5.26 Å². The first-order valence-corrected chi connectivity index (χ1v) is 10.9. The number of nitrogens with one attached hydrogen (secondary N) is 3. The molecule has 1 saturated heterocycles. The molecule has 7 heteroatoms. The van der Waals surface area contributed by atoms with Crippen LogP contribution in [0.4, 0.5) is 0 Å². The third-order valence-electron chi connectivity index (χ3n) is 6.80. The highest BCUT2D eigenvalue weighted by Crippen LogP contribution is 2.36. The average Bonchev–Trinajstić information content (AvgIpc) is 2.69. The van der Waals surface area contributed by atoms with Gasteiger partial charge >= 0.3 is 0 Å². The van der Waals surface area contributed by atoms with Crippen LogP contribution in [0, 0.1) is 23.2 Å². The average molecular weight is 393 g/mol. The molecule has 1 amide bonds. The van der Waals surface area contributed by atoms with Gasteiger partial charge < -0.3 is 25.4 Å². The summed E-state index contributed by atoms with van der Waals surface area (Å²) in [6.07, 6.45) is 6.45. The highest BCUT2D eigenvalue weighted by atomic mass is 16.5. The fourth-order valence-electron chi connectivity index (χ4n) is 5.49. The second-order valence-corrected chi connectivity index (χ2v) is 8.60. The van der Waals surface area contributed by atoms with Gasteiger partial charge in [-0.3, -0.25) is 4.79 Å². The Balaban J connectivity index is 1.74. The highest BCUT2D eigenvalue weighted by molar-refractivity contribution is 5.73. The third-order valence-corrected chi connectivity index (χ3v) is 6.80. The van der Waals surface area contributed by atoms with E-state index < -0.39 is 0 Å². The Morgan fingerprint density at radius 2 is 2.11 bits per heavy atom. The van der Waals surface area contributed by atoms with Gasteiger partial charge in [0.2, 0.25) is 5.91 Å². The molecule has 0 aromatic carbocycles. The first kappa shape index (κ1) is 21.5. The molecule has 1 heterocycles. The number of piperidine rings is 1. The quantitative estimate of drug-likeness (QED) is 0.631. The number of nitrogens with zero attached hydrogens (tertiary/aromatic N) is 1. The van der Waals surface area contributed by atoms with Gasteiger partial charge in [-0.05, 0) is 51.4 Å². The first-order chi connectivity index (χ1) is 13.5. The molecule has 0 radical (unpaired) electrons. The zero-order valence-electron chi connectivity index (χ0n) is 17.4. The maximum absolute atomic E-state index is 11.7. The van der Waals surface area contributed by atoms with Crippen LogP contribution in [-0.2, 0) is 14.3 Å². The Bertz CT molecular complexity index is 566. The lowest BCUT2D eigenvalue weighted by atomic mass is 9.69. The van der Waals surface area contributed by atoms with Gasteiger partial charge in [0.05, 0.1) is 30.2 Å². The number of methoxy groups -OCH3 is 1. The third kappa shape index (κ3) is 5.04. The second kappa shape index (κ2) is 10.0. The normalized spacial score (nSPS) is 40.9. The summed E-state index contributed by atoms with van der Waals surface area (Å²) in [5, 5.41) is 20.3. The van der Waals surface area contributed by atoms with E-state index in [0.717, 1.165) is 38.5 Å². The number of carbonyl (C=O) groups excluding carboxylic acids is 1. The summed E-state index contributed by atoms with van der Waals surface area (Å²) in [4.78, 5) is 11.7. The molecule has 3 fully saturated rings. The van der Waals surface area contributed by atoms with Gasteiger partial charge in [-0.25, -0.2) is 0 Å². The summed E-state index contributed by atoms with van der Waals surface area (Å²) >= 11 is 0. The van der Waals surface area contributed by atoms with E-state index >= 15 is 0 Å². The Morgan fingerprint density at radius 3 is 2.79 bits per heavy atom. The molecular weight excluding hydrogens is 356 g/mol. The summed E-state index contributed by atoms with van der Waals surface area (Å²) in [7, 11) is 1.79. The van der Waals surface area contributed by atoms with Crippen LogP contribution < -0.4 is 16.0 Å². The van der Waals surface area contributed by atoms with E-state index in [2.05, 4.69) is 22.0 Å². The van der Waals surface area contributed by atoms with Crippen LogP contribution in [0.25, 0.3) is 0 Å². The Labute approximate surface area is 168 Å². The van der Waals surface area contributed by atoms with Crippen molar-refractivity contribution in [2.45, 2.75) is 88.7 Å². The number of hydrogen-bond acceptors (Lipinski definition) is 6. The van der Waals surface area contributed by atoms with Crippen molar-refractivity contribution in [1.82, 2.24) is 16.0 Å². The minimum Gasteiger partial charge on any atom is -0.381 e. The predicted molar refractivity (Wildman–Crippen MR) is 107 cm³/mol. The lowest BCUT2D eigenvalue weighted by molar-refractivity contribution is -0.122. The number of carbonyl (C=O) groups is 1. The standard InChI is InChI=1S/C21H36N4O3/c1-4-28-20-10-18-17(9-19(20)24-13(2)26)21(14(11-22)12-23-18)25-15-6-5-7-16(8-15)27-3/h14-21,23,25H,4-10,12H2,1-3H3,(H,24,26). The van der Waals surface area contributed by atoms with Crippen LogP contribution in [0.5, 0.6) is 0 Å². The minimum atomic E-state index is -0.0641. The molecule has 2 saturated carbocycles. The lowest BCUT2D eigenvalue weighted by Gasteiger charge is -2.50. The fourth-order valence-corrected chi connectivity index (χ4v) is 5.49. The van der Waals surface area contributed by atoms with E-state index in [1.807, 2.05) is 6.92 Å². The van der Waals surface area contributed by atoms with Crippen LogP contribution in [0.3, 0.4) is 0 Å². The summed E-state index contributed by atoms with van der Waals surface area (Å²) in [5.41, 5.74) is 0. The number of hydrogen-bond donors (Lipinski definition) is 3. The zero-order chi connectivity index (χ0) is 20.1. The molecule has 158 valence electrons. The monoisotopic (exact) mass is 392 g/mol. The molecule has 3 aliphatic rings. The molecule has 1 aliphatic heterocycles. The maximum atomic E-state index is 11.7. The van der Waals surface area contributed by atoms with Crippen LogP contribution in [0.1, 0.15) is 52.4 Å². The molecule has 0 aromatic heterocycles. The molecule has 2 aliphatic carbocycles. The first-order valence-electron chi connectivity index (χ1n) is 10.9. The van der Waals surface area contributed by atoms with E-state index in [1.54, 1.807) is 14.0 Å². The molecule has 8 atom stereocenters. The van der Waals surface area contributed by atoms with Crippen LogP contribution >= 0.6 is 0 Å². The maximum Gasteiger partial charge on any atom is 0.217 e. The van der Waals surface area contributed by atoms with Gasteiger partial charge in [-0.15, -0.1) is 0 Å². The minimum absolute atomic E-state index is 0.000298. The Kier molecular flexibility index (Phi) is 7.69. The summed E-state index contributed by atoms with van der Waals surface area (Å²) < 4.78 is 11.5. The van der Waals surface area contributed by atoms with E-state index in [-0.39, 0.29) is 30.0 Å². The largest absolute Gasteiger partial charge is 0.381 e. The van der Waals surface area contributed by atoms with Crippen LogP contribution in [0.2, 0.25) is 0 Å². The molecule has 3 rings (SSSR count). The molecule has 0 aromatic rings. The van der Waals surface area contributed by atoms with E-state index in [1.165, 1.54) is 0 Å². The second-order valence-electron chi connectivity index (χ2n) is 8.60. The van der Waals surface area contributed by atoms with Gasteiger partial charge in [-0.2, -0.15) is 5.26 Å². The molecule has 0 bridgehead atoms. The number of ether oxygens (including phenoxy) is 2. The van der Waals surface area contributed by atoms with Gasteiger partial charge in [0, 0.05) is 45.3 Å². The van der Waals surface area contributed by atoms with Crippen molar-refractivity contribution >= 4 is 5.91 Å². The van der Waals surface area contributed by atoms with E-state index in [9.17, 15) is 10.1 Å². The van der Waals surface area contributed by atoms with Gasteiger partial charge in [0.1, 0.15) is 0 Å². The van der Waals surface area contributed by atoms with Crippen molar-refractivity contribution in [2.75, 3.05) is 20.3 Å². The van der Waals surface area contributed by atoms with Crippen LogP contribution in [0.15, 0.2) is 0 Å². The number of nitriles is 1. The number of fused-ring (bicyclic) bond motifs is 1. The predicted octanol–water partition coefficient (Wildman–Crippen LogP) is 1.33. The Hall–Kier alpha value is -1.20. The topological polar surface area (TPSA) is 95.4 Å². The molecular formula is C21H36N4O3. The molecule has 3 N–H and O–H groups in total. The van der Waals surface area contributed by atoms with Gasteiger partial charge in [-0.1, -0.05) is 0 Å². The Morgan fingerprint density at radius 1 is 1.29 bits per heavy atom. The van der Waals surface area contributed by atoms with Crippen molar-refractivity contribution in [3.05, 3.63) is 0 Å². The van der Waals surface area contributed by atoms with Crippen molar-refractivity contribution in [3.8, 4) is 6.07 Å².